The molecule has 3 nitrogen and oxygen atoms in total. The lowest BCUT2D eigenvalue weighted by Crippen LogP contribution is -2.29. The van der Waals surface area contributed by atoms with Gasteiger partial charge in [-0.1, -0.05) is 18.2 Å². The molecule has 18 heavy (non-hydrogen) atoms. The number of para-hydroxylation sites is 1. The summed E-state index contributed by atoms with van der Waals surface area (Å²) in [6.07, 6.45) is 3.56. The highest BCUT2D eigenvalue weighted by Crippen LogP contribution is 2.54. The number of ether oxygens (including phenoxy) is 1. The number of benzene rings is 1. The minimum atomic E-state index is 0.216. The van der Waals surface area contributed by atoms with Gasteiger partial charge in [-0.05, 0) is 37.2 Å². The van der Waals surface area contributed by atoms with Crippen molar-refractivity contribution in [2.24, 2.45) is 17.8 Å². The molecular weight excluding hydrogens is 226 g/mol. The minimum Gasteiger partial charge on any atom is -0.496 e. The molecule has 1 amide bonds. The van der Waals surface area contributed by atoms with Crippen LogP contribution in [0, 0.1) is 17.8 Å². The number of hydrogen-bond donors (Lipinski definition) is 1. The van der Waals surface area contributed by atoms with Crippen molar-refractivity contribution in [2.75, 3.05) is 7.11 Å². The molecule has 1 aromatic rings. The van der Waals surface area contributed by atoms with Crippen LogP contribution in [0.5, 0.6) is 5.75 Å². The van der Waals surface area contributed by atoms with Gasteiger partial charge in [0.2, 0.25) is 5.91 Å². The van der Waals surface area contributed by atoms with E-state index in [1.165, 1.54) is 6.42 Å². The normalized spacial score (nSPS) is 28.6. The number of carbonyl (C=O) groups excluding carboxylic acids is 1. The number of nitrogens with one attached hydrogen (secondary N) is 1. The first-order chi connectivity index (χ1) is 8.78. The Labute approximate surface area is 108 Å². The van der Waals surface area contributed by atoms with E-state index in [0.29, 0.717) is 6.54 Å². The third-order valence-electron chi connectivity index (χ3n) is 4.26. The van der Waals surface area contributed by atoms with Gasteiger partial charge in [0.05, 0.1) is 7.11 Å². The second-order valence-electron chi connectivity index (χ2n) is 5.45. The molecule has 2 aliphatic carbocycles. The first-order valence-electron chi connectivity index (χ1n) is 6.67. The molecule has 0 aliphatic heterocycles. The zero-order chi connectivity index (χ0) is 12.5. The quantitative estimate of drug-likeness (QED) is 0.884. The summed E-state index contributed by atoms with van der Waals surface area (Å²) in [5.74, 6) is 3.02. The molecule has 0 radical (unpaired) electrons. The Morgan fingerprint density at radius 3 is 2.72 bits per heavy atom. The monoisotopic (exact) mass is 245 g/mol. The number of amides is 1. The molecule has 1 N–H and O–H groups in total. The Morgan fingerprint density at radius 2 is 2.00 bits per heavy atom. The Hall–Kier alpha value is -1.51. The molecule has 0 saturated heterocycles. The standard InChI is InChI=1S/C15H19NO2/c1-18-14-5-3-2-4-10(14)9-16-15(17)13-7-11-6-12(11)8-13/h2-5,11-13H,6-9H2,1H3,(H,16,17). The third kappa shape index (κ3) is 2.22. The van der Waals surface area contributed by atoms with Gasteiger partial charge in [-0.15, -0.1) is 0 Å². The van der Waals surface area contributed by atoms with Crippen molar-refractivity contribution in [1.82, 2.24) is 5.32 Å². The molecule has 1 aromatic carbocycles. The average Bonchev–Trinajstić information content (AvgIpc) is 3.02. The first-order valence-corrected chi connectivity index (χ1v) is 6.67. The van der Waals surface area contributed by atoms with Gasteiger partial charge in [0.1, 0.15) is 5.75 Å². The fourth-order valence-corrected chi connectivity index (χ4v) is 3.10. The van der Waals surface area contributed by atoms with Crippen LogP contribution in [0.15, 0.2) is 24.3 Å². The number of fused-ring (bicyclic) bond motifs is 1. The summed E-state index contributed by atoms with van der Waals surface area (Å²) >= 11 is 0. The molecule has 2 fully saturated rings. The van der Waals surface area contributed by atoms with E-state index in [9.17, 15) is 4.79 Å². The van der Waals surface area contributed by atoms with Gasteiger partial charge in [-0.2, -0.15) is 0 Å². The highest BCUT2D eigenvalue weighted by molar-refractivity contribution is 5.79. The zero-order valence-corrected chi connectivity index (χ0v) is 10.7. The van der Waals surface area contributed by atoms with Crippen LogP contribution in [0.4, 0.5) is 0 Å². The fraction of sp³-hybridized carbons (Fsp3) is 0.533. The van der Waals surface area contributed by atoms with E-state index < -0.39 is 0 Å². The number of methoxy groups -OCH3 is 1. The van der Waals surface area contributed by atoms with Crippen LogP contribution in [0.3, 0.4) is 0 Å². The summed E-state index contributed by atoms with van der Waals surface area (Å²) < 4.78 is 5.28. The van der Waals surface area contributed by atoms with Crippen LogP contribution < -0.4 is 10.1 Å². The second kappa shape index (κ2) is 4.63. The summed E-state index contributed by atoms with van der Waals surface area (Å²) in [5, 5.41) is 3.04. The van der Waals surface area contributed by atoms with Crippen molar-refractivity contribution < 1.29 is 9.53 Å². The molecule has 2 unspecified atom stereocenters. The Bertz CT molecular complexity index is 448. The molecule has 3 heteroatoms. The molecule has 2 saturated carbocycles. The molecule has 0 spiro atoms. The Kier molecular flexibility index (Phi) is 2.98. The molecule has 3 rings (SSSR count). The highest BCUT2D eigenvalue weighted by atomic mass is 16.5. The Morgan fingerprint density at radius 1 is 1.28 bits per heavy atom. The minimum absolute atomic E-state index is 0.216. The van der Waals surface area contributed by atoms with Crippen LogP contribution >= 0.6 is 0 Å². The molecule has 2 aliphatic rings. The summed E-state index contributed by atoms with van der Waals surface area (Å²) in [5.41, 5.74) is 1.04. The second-order valence-corrected chi connectivity index (χ2v) is 5.45. The lowest BCUT2D eigenvalue weighted by Gasteiger charge is -2.13. The average molecular weight is 245 g/mol. The Balaban J connectivity index is 1.55. The number of hydrogen-bond acceptors (Lipinski definition) is 2. The van der Waals surface area contributed by atoms with Crippen molar-refractivity contribution in [3.8, 4) is 5.75 Å². The third-order valence-corrected chi connectivity index (χ3v) is 4.26. The smallest absolute Gasteiger partial charge is 0.223 e. The fourth-order valence-electron chi connectivity index (χ4n) is 3.10. The molecule has 96 valence electrons. The molecule has 0 bridgehead atoms. The van der Waals surface area contributed by atoms with Gasteiger partial charge in [0.15, 0.2) is 0 Å². The van der Waals surface area contributed by atoms with Crippen molar-refractivity contribution >= 4 is 5.91 Å². The van der Waals surface area contributed by atoms with Crippen LogP contribution in [0.1, 0.15) is 24.8 Å². The first kappa shape index (κ1) is 11.6. The van der Waals surface area contributed by atoms with E-state index in [1.54, 1.807) is 7.11 Å². The number of carbonyl (C=O) groups is 1. The summed E-state index contributed by atoms with van der Waals surface area (Å²) in [7, 11) is 1.66. The van der Waals surface area contributed by atoms with Crippen LogP contribution in [0.25, 0.3) is 0 Å². The van der Waals surface area contributed by atoms with E-state index in [0.717, 1.165) is 36.0 Å². The molecule has 0 aromatic heterocycles. The van der Waals surface area contributed by atoms with Gasteiger partial charge in [-0.3, -0.25) is 4.79 Å². The summed E-state index contributed by atoms with van der Waals surface area (Å²) in [6.45, 7) is 0.564. The molecule has 2 atom stereocenters. The van der Waals surface area contributed by atoms with Gasteiger partial charge in [-0.25, -0.2) is 0 Å². The van der Waals surface area contributed by atoms with E-state index in [-0.39, 0.29) is 11.8 Å². The van der Waals surface area contributed by atoms with Crippen molar-refractivity contribution in [1.29, 1.82) is 0 Å². The molecular formula is C15H19NO2. The van der Waals surface area contributed by atoms with Crippen LogP contribution in [-0.4, -0.2) is 13.0 Å². The lowest BCUT2D eigenvalue weighted by atomic mass is 10.0. The van der Waals surface area contributed by atoms with Gasteiger partial charge >= 0.3 is 0 Å². The predicted molar refractivity (Wildman–Crippen MR) is 69.2 cm³/mol. The maximum atomic E-state index is 12.0. The molecule has 0 heterocycles. The van der Waals surface area contributed by atoms with Gasteiger partial charge < -0.3 is 10.1 Å². The SMILES string of the molecule is COc1ccccc1CNC(=O)C1CC2CC2C1. The van der Waals surface area contributed by atoms with E-state index in [2.05, 4.69) is 5.32 Å². The summed E-state index contributed by atoms with van der Waals surface area (Å²) in [6, 6.07) is 7.82. The topological polar surface area (TPSA) is 38.3 Å². The van der Waals surface area contributed by atoms with E-state index in [1.807, 2.05) is 24.3 Å². The van der Waals surface area contributed by atoms with Crippen molar-refractivity contribution in [2.45, 2.75) is 25.8 Å². The summed E-state index contributed by atoms with van der Waals surface area (Å²) in [4.78, 5) is 12.0. The zero-order valence-electron chi connectivity index (χ0n) is 10.7. The van der Waals surface area contributed by atoms with E-state index in [4.69, 9.17) is 4.74 Å². The van der Waals surface area contributed by atoms with Crippen molar-refractivity contribution in [3.63, 3.8) is 0 Å². The lowest BCUT2D eigenvalue weighted by molar-refractivity contribution is -0.125. The van der Waals surface area contributed by atoms with Crippen LogP contribution in [-0.2, 0) is 11.3 Å². The van der Waals surface area contributed by atoms with E-state index >= 15 is 0 Å². The predicted octanol–water partition coefficient (Wildman–Crippen LogP) is 2.36. The van der Waals surface area contributed by atoms with Crippen LogP contribution in [0.2, 0.25) is 0 Å². The maximum absolute atomic E-state index is 12.0. The van der Waals surface area contributed by atoms with Gasteiger partial charge in [0, 0.05) is 18.0 Å². The number of rotatable bonds is 4. The largest absolute Gasteiger partial charge is 0.496 e. The van der Waals surface area contributed by atoms with Crippen molar-refractivity contribution in [3.05, 3.63) is 29.8 Å². The van der Waals surface area contributed by atoms with Gasteiger partial charge in [0.25, 0.3) is 0 Å². The highest BCUT2D eigenvalue weighted by Gasteiger charge is 2.47. The maximum Gasteiger partial charge on any atom is 0.223 e.